The number of rotatable bonds is 5. The van der Waals surface area contributed by atoms with E-state index >= 15 is 0 Å². The number of aliphatic hydroxyl groups excluding tert-OH is 1. The highest BCUT2D eigenvalue weighted by atomic mass is 16.5. The van der Waals surface area contributed by atoms with Gasteiger partial charge >= 0.3 is 0 Å². The number of hydrogen-bond donors (Lipinski definition) is 1. The molecule has 0 saturated heterocycles. The predicted molar refractivity (Wildman–Crippen MR) is 79.3 cm³/mol. The van der Waals surface area contributed by atoms with Crippen LogP contribution in [0.5, 0.6) is 5.75 Å². The maximum absolute atomic E-state index is 10.7. The van der Waals surface area contributed by atoms with Crippen LogP contribution in [0.1, 0.15) is 30.6 Å². The van der Waals surface area contributed by atoms with Gasteiger partial charge < -0.3 is 9.84 Å². The topological polar surface area (TPSA) is 59.7 Å². The van der Waals surface area contributed by atoms with Gasteiger partial charge in [0, 0.05) is 23.5 Å². The first-order chi connectivity index (χ1) is 10.3. The lowest BCUT2D eigenvalue weighted by Gasteiger charge is -2.15. The largest absolute Gasteiger partial charge is 0.493 e. The number of hydrogen-bond acceptors (Lipinski definition) is 4. The summed E-state index contributed by atoms with van der Waals surface area (Å²) in [5.41, 5.74) is 2.25. The van der Waals surface area contributed by atoms with Gasteiger partial charge in [0.1, 0.15) is 11.9 Å². The molecule has 2 aromatic heterocycles. The standard InChI is InChI=1S/C16H17N3O2/c1-2-9-21-15-6-4-3-5-12(15)16(20)13-10-18-19-8-7-17-11-14(13)19/h3-8,10-11,16,20H,2,9H2,1H3. The van der Waals surface area contributed by atoms with Crippen LogP contribution >= 0.6 is 0 Å². The van der Waals surface area contributed by atoms with Crippen molar-refractivity contribution in [1.82, 2.24) is 14.6 Å². The molecule has 0 bridgehead atoms. The van der Waals surface area contributed by atoms with Crippen LogP contribution in [-0.4, -0.2) is 26.3 Å². The van der Waals surface area contributed by atoms with Crippen LogP contribution in [0.15, 0.2) is 49.1 Å². The van der Waals surface area contributed by atoms with Crippen molar-refractivity contribution < 1.29 is 9.84 Å². The third-order valence-electron chi connectivity index (χ3n) is 3.32. The third-order valence-corrected chi connectivity index (χ3v) is 3.32. The van der Waals surface area contributed by atoms with E-state index in [9.17, 15) is 5.11 Å². The van der Waals surface area contributed by atoms with Crippen LogP contribution in [0.3, 0.4) is 0 Å². The highest BCUT2D eigenvalue weighted by Crippen LogP contribution is 2.31. The number of para-hydroxylation sites is 1. The Morgan fingerprint density at radius 2 is 2.10 bits per heavy atom. The molecule has 0 aliphatic heterocycles. The molecule has 2 heterocycles. The van der Waals surface area contributed by atoms with Crippen LogP contribution in [0.25, 0.3) is 5.52 Å². The molecule has 1 aromatic carbocycles. The number of fused-ring (bicyclic) bond motifs is 1. The zero-order valence-electron chi connectivity index (χ0n) is 11.8. The molecule has 108 valence electrons. The summed E-state index contributed by atoms with van der Waals surface area (Å²) in [6, 6.07) is 7.54. The highest BCUT2D eigenvalue weighted by molar-refractivity contribution is 5.56. The fourth-order valence-corrected chi connectivity index (χ4v) is 2.28. The van der Waals surface area contributed by atoms with Crippen molar-refractivity contribution in [3.63, 3.8) is 0 Å². The normalized spacial score (nSPS) is 12.5. The maximum atomic E-state index is 10.7. The second-order valence-corrected chi connectivity index (χ2v) is 4.79. The third kappa shape index (κ3) is 2.60. The van der Waals surface area contributed by atoms with Gasteiger partial charge in [-0.3, -0.25) is 4.98 Å². The summed E-state index contributed by atoms with van der Waals surface area (Å²) in [5, 5.41) is 14.9. The smallest absolute Gasteiger partial charge is 0.125 e. The molecule has 0 spiro atoms. The summed E-state index contributed by atoms with van der Waals surface area (Å²) < 4.78 is 7.41. The summed E-state index contributed by atoms with van der Waals surface area (Å²) in [4.78, 5) is 4.09. The molecule has 1 unspecified atom stereocenters. The molecule has 0 saturated carbocycles. The van der Waals surface area contributed by atoms with Crippen molar-refractivity contribution in [3.8, 4) is 5.75 Å². The van der Waals surface area contributed by atoms with Crippen LogP contribution in [0, 0.1) is 0 Å². The molecular weight excluding hydrogens is 266 g/mol. The molecule has 0 radical (unpaired) electrons. The molecule has 21 heavy (non-hydrogen) atoms. The van der Waals surface area contributed by atoms with Gasteiger partial charge in [0.05, 0.1) is 24.5 Å². The summed E-state index contributed by atoms with van der Waals surface area (Å²) >= 11 is 0. The minimum Gasteiger partial charge on any atom is -0.493 e. The Bertz CT molecular complexity index is 739. The van der Waals surface area contributed by atoms with E-state index in [1.54, 1.807) is 29.3 Å². The van der Waals surface area contributed by atoms with Crippen LogP contribution in [0.4, 0.5) is 0 Å². The Hall–Kier alpha value is -2.40. The Morgan fingerprint density at radius 3 is 2.95 bits per heavy atom. The van der Waals surface area contributed by atoms with Crippen molar-refractivity contribution >= 4 is 5.52 Å². The average Bonchev–Trinajstić information content (AvgIpc) is 2.96. The predicted octanol–water partition coefficient (Wildman–Crippen LogP) is 2.60. The first-order valence-corrected chi connectivity index (χ1v) is 6.98. The molecule has 3 aromatic rings. The number of aromatic nitrogens is 3. The maximum Gasteiger partial charge on any atom is 0.125 e. The average molecular weight is 283 g/mol. The van der Waals surface area contributed by atoms with Gasteiger partial charge in [0.2, 0.25) is 0 Å². The minimum atomic E-state index is -0.792. The summed E-state index contributed by atoms with van der Waals surface area (Å²) in [6.45, 7) is 2.68. The molecule has 0 aliphatic carbocycles. The van der Waals surface area contributed by atoms with E-state index in [2.05, 4.69) is 17.0 Å². The Kier molecular flexibility index (Phi) is 3.83. The SMILES string of the molecule is CCCOc1ccccc1C(O)c1cnn2ccncc12. The van der Waals surface area contributed by atoms with Crippen LogP contribution in [0.2, 0.25) is 0 Å². The number of nitrogens with zero attached hydrogens (tertiary/aromatic N) is 3. The quantitative estimate of drug-likeness (QED) is 0.782. The zero-order valence-corrected chi connectivity index (χ0v) is 11.8. The van der Waals surface area contributed by atoms with Crippen LogP contribution < -0.4 is 4.74 Å². The molecular formula is C16H17N3O2. The van der Waals surface area contributed by atoms with Gasteiger partial charge in [-0.15, -0.1) is 0 Å². The van der Waals surface area contributed by atoms with Gasteiger partial charge in [-0.05, 0) is 12.5 Å². The Labute approximate surface area is 122 Å². The van der Waals surface area contributed by atoms with Gasteiger partial charge in [0.25, 0.3) is 0 Å². The molecule has 5 heteroatoms. The van der Waals surface area contributed by atoms with E-state index in [0.717, 1.165) is 23.1 Å². The van der Waals surface area contributed by atoms with Gasteiger partial charge in [-0.1, -0.05) is 25.1 Å². The fourth-order valence-electron chi connectivity index (χ4n) is 2.28. The molecule has 5 nitrogen and oxygen atoms in total. The van der Waals surface area contributed by atoms with E-state index in [-0.39, 0.29) is 0 Å². The monoisotopic (exact) mass is 283 g/mol. The second-order valence-electron chi connectivity index (χ2n) is 4.79. The van der Waals surface area contributed by atoms with Gasteiger partial charge in [-0.25, -0.2) is 4.52 Å². The molecule has 1 atom stereocenters. The van der Waals surface area contributed by atoms with E-state index in [4.69, 9.17) is 4.74 Å². The summed E-state index contributed by atoms with van der Waals surface area (Å²) in [6.07, 6.45) is 6.91. The van der Waals surface area contributed by atoms with E-state index in [1.807, 2.05) is 24.3 Å². The highest BCUT2D eigenvalue weighted by Gasteiger charge is 2.19. The van der Waals surface area contributed by atoms with Crippen LogP contribution in [-0.2, 0) is 0 Å². The molecule has 1 N–H and O–H groups in total. The first kappa shape index (κ1) is 13.6. The van der Waals surface area contributed by atoms with Crippen molar-refractivity contribution in [2.24, 2.45) is 0 Å². The Balaban J connectivity index is 2.00. The van der Waals surface area contributed by atoms with Gasteiger partial charge in [-0.2, -0.15) is 5.10 Å². The van der Waals surface area contributed by atoms with Gasteiger partial charge in [0.15, 0.2) is 0 Å². The molecule has 0 fully saturated rings. The van der Waals surface area contributed by atoms with E-state index < -0.39 is 6.10 Å². The summed E-state index contributed by atoms with van der Waals surface area (Å²) in [7, 11) is 0. The number of ether oxygens (including phenoxy) is 1. The lowest BCUT2D eigenvalue weighted by molar-refractivity contribution is 0.212. The van der Waals surface area contributed by atoms with Crippen molar-refractivity contribution in [2.45, 2.75) is 19.4 Å². The van der Waals surface area contributed by atoms with E-state index in [1.165, 1.54) is 0 Å². The molecule has 0 amide bonds. The second kappa shape index (κ2) is 5.93. The lowest BCUT2D eigenvalue weighted by Crippen LogP contribution is -2.04. The van der Waals surface area contributed by atoms with Crippen molar-refractivity contribution in [1.29, 1.82) is 0 Å². The molecule has 3 rings (SSSR count). The number of aliphatic hydroxyl groups is 1. The van der Waals surface area contributed by atoms with Crippen molar-refractivity contribution in [2.75, 3.05) is 6.61 Å². The first-order valence-electron chi connectivity index (χ1n) is 6.98. The summed E-state index contributed by atoms with van der Waals surface area (Å²) in [5.74, 6) is 0.704. The lowest BCUT2D eigenvalue weighted by atomic mass is 10.0. The minimum absolute atomic E-state index is 0.625. The fraction of sp³-hybridized carbons (Fsp3) is 0.250. The van der Waals surface area contributed by atoms with Crippen molar-refractivity contribution in [3.05, 3.63) is 60.2 Å². The Morgan fingerprint density at radius 1 is 1.24 bits per heavy atom. The van der Waals surface area contributed by atoms with E-state index in [0.29, 0.717) is 12.4 Å². The molecule has 0 aliphatic rings. The zero-order chi connectivity index (χ0) is 14.7. The number of benzene rings is 1.